The van der Waals surface area contributed by atoms with Crippen LogP contribution in [0.2, 0.25) is 0 Å². The van der Waals surface area contributed by atoms with E-state index in [0.717, 1.165) is 52.4 Å². The molecule has 5 aromatic carbocycles. The molecule has 0 fully saturated rings. The van der Waals surface area contributed by atoms with Gasteiger partial charge in [-0.25, -0.2) is 0 Å². The largest absolute Gasteiger partial charge is 0.458 e. The molecular weight excluding hydrogens is 556 g/mol. The molecular formula is C41H38O4. The van der Waals surface area contributed by atoms with E-state index < -0.39 is 0 Å². The Morgan fingerprint density at radius 2 is 0.822 bits per heavy atom. The fourth-order valence-electron chi connectivity index (χ4n) is 4.47. The van der Waals surface area contributed by atoms with E-state index in [-0.39, 0.29) is 0 Å². The topological polar surface area (TPSA) is 36.9 Å². The average molecular weight is 595 g/mol. The number of hydrogen-bond acceptors (Lipinski definition) is 4. The van der Waals surface area contributed by atoms with Gasteiger partial charge in [-0.3, -0.25) is 0 Å². The Hall–Kier alpha value is -5.48. The van der Waals surface area contributed by atoms with E-state index in [0.29, 0.717) is 0 Å². The molecule has 0 aromatic heterocycles. The van der Waals surface area contributed by atoms with Crippen molar-refractivity contribution in [3.05, 3.63) is 174 Å². The van der Waals surface area contributed by atoms with Gasteiger partial charge in [-0.2, -0.15) is 0 Å². The van der Waals surface area contributed by atoms with Crippen LogP contribution in [0, 0.1) is 20.8 Å². The Kier molecular flexibility index (Phi) is 10.5. The van der Waals surface area contributed by atoms with Gasteiger partial charge in [-0.15, -0.1) is 0 Å². The lowest BCUT2D eigenvalue weighted by atomic mass is 10.2. The van der Waals surface area contributed by atoms with Gasteiger partial charge in [0.25, 0.3) is 0 Å². The van der Waals surface area contributed by atoms with Gasteiger partial charge in [-0.1, -0.05) is 65.8 Å². The SMILES string of the molecule is CC1=CCC=C(Oc2ccc(Oc3ccc(C)cc3)cc2)C=C1.Cc1cccc(Oc2cccc(Oc3cccc(C)c3)c2)c1. The Morgan fingerprint density at radius 1 is 0.378 bits per heavy atom. The van der Waals surface area contributed by atoms with Gasteiger partial charge in [0.05, 0.1) is 0 Å². The van der Waals surface area contributed by atoms with Crippen LogP contribution in [-0.4, -0.2) is 0 Å². The minimum atomic E-state index is 0.760. The van der Waals surface area contributed by atoms with Crippen LogP contribution in [0.4, 0.5) is 0 Å². The van der Waals surface area contributed by atoms with E-state index in [4.69, 9.17) is 18.9 Å². The van der Waals surface area contributed by atoms with Crippen LogP contribution in [0.25, 0.3) is 0 Å². The minimum Gasteiger partial charge on any atom is -0.458 e. The third-order valence-electron chi connectivity index (χ3n) is 6.84. The highest BCUT2D eigenvalue weighted by atomic mass is 16.5. The summed E-state index contributed by atoms with van der Waals surface area (Å²) in [5, 5.41) is 0. The number of benzene rings is 5. The van der Waals surface area contributed by atoms with E-state index in [1.54, 1.807) is 0 Å². The van der Waals surface area contributed by atoms with Crippen LogP contribution in [0.1, 0.15) is 30.0 Å². The summed E-state index contributed by atoms with van der Waals surface area (Å²) in [6.07, 6.45) is 9.20. The molecule has 0 bridgehead atoms. The molecule has 6 rings (SSSR count). The lowest BCUT2D eigenvalue weighted by molar-refractivity contribution is 0.439. The van der Waals surface area contributed by atoms with E-state index in [9.17, 15) is 0 Å². The van der Waals surface area contributed by atoms with Gasteiger partial charge < -0.3 is 18.9 Å². The summed E-state index contributed by atoms with van der Waals surface area (Å²) in [6, 6.07) is 39.3. The number of allylic oxidation sites excluding steroid dienone is 5. The molecule has 0 atom stereocenters. The minimum absolute atomic E-state index is 0.760. The molecule has 0 amide bonds. The van der Waals surface area contributed by atoms with Gasteiger partial charge in [0.2, 0.25) is 0 Å². The van der Waals surface area contributed by atoms with Gasteiger partial charge in [-0.05, 0) is 130 Å². The molecule has 0 radical (unpaired) electrons. The summed E-state index contributed by atoms with van der Waals surface area (Å²) in [7, 11) is 0. The summed E-state index contributed by atoms with van der Waals surface area (Å²) < 4.78 is 23.5. The monoisotopic (exact) mass is 594 g/mol. The van der Waals surface area contributed by atoms with Crippen LogP contribution in [0.15, 0.2) is 157 Å². The molecule has 0 unspecified atom stereocenters. The summed E-state index contributed by atoms with van der Waals surface area (Å²) in [6.45, 7) is 8.24. The highest BCUT2D eigenvalue weighted by Crippen LogP contribution is 2.29. The van der Waals surface area contributed by atoms with Crippen molar-refractivity contribution in [1.29, 1.82) is 0 Å². The van der Waals surface area contributed by atoms with Crippen molar-refractivity contribution in [2.45, 2.75) is 34.1 Å². The van der Waals surface area contributed by atoms with Gasteiger partial charge >= 0.3 is 0 Å². The van der Waals surface area contributed by atoms with Crippen LogP contribution in [0.5, 0.6) is 40.2 Å². The summed E-state index contributed by atoms with van der Waals surface area (Å²) >= 11 is 0. The van der Waals surface area contributed by atoms with Crippen LogP contribution >= 0.6 is 0 Å². The maximum atomic E-state index is 5.89. The Labute approximate surface area is 266 Å². The molecule has 0 spiro atoms. The van der Waals surface area contributed by atoms with Crippen molar-refractivity contribution >= 4 is 0 Å². The molecule has 1 aliphatic rings. The molecule has 4 nitrogen and oxygen atoms in total. The highest BCUT2D eigenvalue weighted by Gasteiger charge is 2.04. The molecule has 1 aliphatic carbocycles. The molecule has 0 saturated carbocycles. The number of aryl methyl sites for hydroxylation is 3. The van der Waals surface area contributed by atoms with E-state index >= 15 is 0 Å². The zero-order valence-electron chi connectivity index (χ0n) is 26.2. The molecule has 0 aliphatic heterocycles. The highest BCUT2D eigenvalue weighted by molar-refractivity contribution is 5.41. The third kappa shape index (κ3) is 10.0. The maximum Gasteiger partial charge on any atom is 0.131 e. The Bertz CT molecular complexity index is 1730. The second-order valence-electron chi connectivity index (χ2n) is 10.9. The van der Waals surface area contributed by atoms with E-state index in [1.165, 1.54) is 22.3 Å². The predicted molar refractivity (Wildman–Crippen MR) is 183 cm³/mol. The number of hydrogen-bond donors (Lipinski definition) is 0. The van der Waals surface area contributed by atoms with Crippen molar-refractivity contribution in [1.82, 2.24) is 0 Å². The molecule has 0 saturated heterocycles. The summed E-state index contributed by atoms with van der Waals surface area (Å²) in [5.41, 5.74) is 4.81. The first-order chi connectivity index (χ1) is 21.9. The normalized spacial score (nSPS) is 12.1. The molecule has 226 valence electrons. The van der Waals surface area contributed by atoms with Crippen molar-refractivity contribution in [2.24, 2.45) is 0 Å². The zero-order valence-corrected chi connectivity index (χ0v) is 26.2. The molecule has 0 N–H and O–H groups in total. The molecule has 4 heteroatoms. The summed E-state index contributed by atoms with van der Waals surface area (Å²) in [5.74, 6) is 6.47. The first-order valence-electron chi connectivity index (χ1n) is 15.0. The lowest BCUT2D eigenvalue weighted by Crippen LogP contribution is -1.92. The Balaban J connectivity index is 0.000000178. The fourth-order valence-corrected chi connectivity index (χ4v) is 4.47. The van der Waals surface area contributed by atoms with E-state index in [1.807, 2.05) is 141 Å². The van der Waals surface area contributed by atoms with Crippen LogP contribution in [-0.2, 0) is 0 Å². The van der Waals surface area contributed by atoms with Crippen LogP contribution < -0.4 is 18.9 Å². The van der Waals surface area contributed by atoms with Gasteiger partial charge in [0, 0.05) is 6.07 Å². The van der Waals surface area contributed by atoms with Crippen molar-refractivity contribution < 1.29 is 18.9 Å². The Morgan fingerprint density at radius 3 is 1.36 bits per heavy atom. The van der Waals surface area contributed by atoms with Crippen molar-refractivity contribution in [2.75, 3.05) is 0 Å². The average Bonchev–Trinajstić information content (AvgIpc) is 3.23. The quantitative estimate of drug-likeness (QED) is 0.179. The second kappa shape index (κ2) is 15.3. The molecule has 0 heterocycles. The molecule has 5 aromatic rings. The van der Waals surface area contributed by atoms with Gasteiger partial charge in [0.1, 0.15) is 46.0 Å². The lowest BCUT2D eigenvalue weighted by Gasteiger charge is -2.10. The third-order valence-corrected chi connectivity index (χ3v) is 6.84. The predicted octanol–water partition coefficient (Wildman–Crippen LogP) is 11.8. The first kappa shape index (κ1) is 31.0. The number of rotatable bonds is 8. The van der Waals surface area contributed by atoms with Crippen molar-refractivity contribution in [3.8, 4) is 40.2 Å². The zero-order chi connectivity index (χ0) is 31.4. The standard InChI is InChI=1S/C21H20O2.C20H18O2/c1-16-4-3-5-18(9-6-16)22-20-12-14-21(15-13-20)23-19-10-7-17(2)8-11-19;1-15-6-3-8-17(12-15)21-19-10-5-11-20(14-19)22-18-9-4-7-16(2)13-18/h4-15H,3H2,1-2H3;3-14H,1-2H3. The molecule has 45 heavy (non-hydrogen) atoms. The van der Waals surface area contributed by atoms with E-state index in [2.05, 4.69) is 32.1 Å². The maximum absolute atomic E-state index is 5.89. The number of ether oxygens (including phenoxy) is 4. The smallest absolute Gasteiger partial charge is 0.131 e. The second-order valence-corrected chi connectivity index (χ2v) is 10.9. The van der Waals surface area contributed by atoms with Gasteiger partial charge in [0.15, 0.2) is 0 Å². The van der Waals surface area contributed by atoms with Crippen LogP contribution in [0.3, 0.4) is 0 Å². The van der Waals surface area contributed by atoms with Crippen molar-refractivity contribution in [3.63, 3.8) is 0 Å². The fraction of sp³-hybridized carbons (Fsp3) is 0.122. The summed E-state index contributed by atoms with van der Waals surface area (Å²) in [4.78, 5) is 0. The first-order valence-corrected chi connectivity index (χ1v) is 15.0.